The van der Waals surface area contributed by atoms with E-state index in [0.29, 0.717) is 5.69 Å². The third kappa shape index (κ3) is 2.47. The van der Waals surface area contributed by atoms with E-state index in [9.17, 15) is 13.2 Å². The van der Waals surface area contributed by atoms with Crippen LogP contribution in [0.4, 0.5) is 24.5 Å². The van der Waals surface area contributed by atoms with Crippen molar-refractivity contribution in [3.63, 3.8) is 0 Å². The first-order chi connectivity index (χ1) is 8.61. The van der Waals surface area contributed by atoms with Gasteiger partial charge in [0.25, 0.3) is 0 Å². The molecule has 0 aliphatic rings. The Morgan fingerprint density at radius 1 is 0.889 bits per heavy atom. The fraction of sp³-hybridized carbons (Fsp3) is 0.143. The van der Waals surface area contributed by atoms with Crippen LogP contribution in [0, 0.1) is 17.5 Å². The number of benzene rings is 2. The van der Waals surface area contributed by atoms with E-state index in [1.165, 1.54) is 0 Å². The maximum absolute atomic E-state index is 13.4. The van der Waals surface area contributed by atoms with E-state index in [1.54, 1.807) is 12.1 Å². The fourth-order valence-electron chi connectivity index (χ4n) is 1.61. The zero-order chi connectivity index (χ0) is 13.1. The molecule has 0 spiro atoms. The van der Waals surface area contributed by atoms with Gasteiger partial charge in [-0.1, -0.05) is 19.1 Å². The third-order valence-corrected chi connectivity index (χ3v) is 2.68. The molecule has 0 saturated carbocycles. The highest BCUT2D eigenvalue weighted by Gasteiger charge is 2.13. The van der Waals surface area contributed by atoms with Crippen LogP contribution in [0.5, 0.6) is 0 Å². The van der Waals surface area contributed by atoms with Crippen LogP contribution in [0.25, 0.3) is 0 Å². The first-order valence-electron chi connectivity index (χ1n) is 5.61. The smallest absolute Gasteiger partial charge is 0.185 e. The highest BCUT2D eigenvalue weighted by Crippen LogP contribution is 2.25. The Kier molecular flexibility index (Phi) is 3.55. The summed E-state index contributed by atoms with van der Waals surface area (Å²) in [4.78, 5) is 0. The van der Waals surface area contributed by atoms with Crippen LogP contribution in [0.2, 0.25) is 0 Å². The Morgan fingerprint density at radius 3 is 2.11 bits per heavy atom. The SMILES string of the molecule is CCc1ccc(Nc2c(F)ccc(F)c2F)cc1. The van der Waals surface area contributed by atoms with Gasteiger partial charge >= 0.3 is 0 Å². The van der Waals surface area contributed by atoms with Gasteiger partial charge in [-0.15, -0.1) is 0 Å². The van der Waals surface area contributed by atoms with E-state index in [1.807, 2.05) is 19.1 Å². The van der Waals surface area contributed by atoms with Gasteiger partial charge in [0.2, 0.25) is 0 Å². The second-order valence-electron chi connectivity index (χ2n) is 3.89. The summed E-state index contributed by atoms with van der Waals surface area (Å²) in [6.07, 6.45) is 0.878. The van der Waals surface area contributed by atoms with Crippen LogP contribution in [0.1, 0.15) is 12.5 Å². The van der Waals surface area contributed by atoms with Gasteiger partial charge in [-0.3, -0.25) is 0 Å². The van der Waals surface area contributed by atoms with Crippen molar-refractivity contribution < 1.29 is 13.2 Å². The van der Waals surface area contributed by atoms with E-state index in [-0.39, 0.29) is 0 Å². The molecule has 0 bridgehead atoms. The zero-order valence-corrected chi connectivity index (χ0v) is 9.81. The number of hydrogen-bond acceptors (Lipinski definition) is 1. The lowest BCUT2D eigenvalue weighted by Gasteiger charge is -2.09. The molecule has 0 aromatic heterocycles. The number of hydrogen-bond donors (Lipinski definition) is 1. The molecule has 0 aliphatic carbocycles. The van der Waals surface area contributed by atoms with Gasteiger partial charge in [0.15, 0.2) is 11.6 Å². The molecule has 1 N–H and O–H groups in total. The summed E-state index contributed by atoms with van der Waals surface area (Å²) < 4.78 is 39.8. The lowest BCUT2D eigenvalue weighted by atomic mass is 10.1. The molecule has 94 valence electrons. The van der Waals surface area contributed by atoms with Gasteiger partial charge in [-0.05, 0) is 36.2 Å². The van der Waals surface area contributed by atoms with Crippen molar-refractivity contribution in [1.29, 1.82) is 0 Å². The average Bonchev–Trinajstić information content (AvgIpc) is 2.40. The largest absolute Gasteiger partial charge is 0.351 e. The van der Waals surface area contributed by atoms with Crippen LogP contribution in [0.15, 0.2) is 36.4 Å². The van der Waals surface area contributed by atoms with Crippen molar-refractivity contribution >= 4 is 11.4 Å². The molecular formula is C14H12F3N. The average molecular weight is 251 g/mol. The van der Waals surface area contributed by atoms with Gasteiger partial charge in [0, 0.05) is 5.69 Å². The Bertz CT molecular complexity index is 550. The number of anilines is 2. The molecule has 18 heavy (non-hydrogen) atoms. The topological polar surface area (TPSA) is 12.0 Å². The van der Waals surface area contributed by atoms with Crippen LogP contribution < -0.4 is 5.32 Å². The lowest BCUT2D eigenvalue weighted by Crippen LogP contribution is -2.00. The standard InChI is InChI=1S/C14H12F3N/c1-2-9-3-5-10(6-4-9)18-14-12(16)8-7-11(15)13(14)17/h3-8,18H,2H2,1H3. The second-order valence-corrected chi connectivity index (χ2v) is 3.89. The van der Waals surface area contributed by atoms with Crippen molar-refractivity contribution in [3.8, 4) is 0 Å². The van der Waals surface area contributed by atoms with Gasteiger partial charge < -0.3 is 5.32 Å². The molecule has 2 aromatic carbocycles. The number of rotatable bonds is 3. The molecule has 0 radical (unpaired) electrons. The maximum atomic E-state index is 13.4. The highest BCUT2D eigenvalue weighted by atomic mass is 19.2. The molecule has 2 aromatic rings. The van der Waals surface area contributed by atoms with Crippen LogP contribution in [-0.2, 0) is 6.42 Å². The van der Waals surface area contributed by atoms with E-state index < -0.39 is 23.1 Å². The molecule has 0 amide bonds. The molecule has 1 nitrogen and oxygen atoms in total. The normalized spacial score (nSPS) is 10.4. The van der Waals surface area contributed by atoms with Gasteiger partial charge in [0.05, 0.1) is 0 Å². The summed E-state index contributed by atoms with van der Waals surface area (Å²) in [5.41, 5.74) is 1.15. The summed E-state index contributed by atoms with van der Waals surface area (Å²) in [5.74, 6) is -3.12. The molecule has 0 atom stereocenters. The van der Waals surface area contributed by atoms with E-state index in [0.717, 1.165) is 24.1 Å². The van der Waals surface area contributed by atoms with Crippen molar-refractivity contribution in [2.24, 2.45) is 0 Å². The molecule has 0 aliphatic heterocycles. The fourth-order valence-corrected chi connectivity index (χ4v) is 1.61. The molecule has 0 unspecified atom stereocenters. The molecule has 0 heterocycles. The summed E-state index contributed by atoms with van der Waals surface area (Å²) in [7, 11) is 0. The molecule has 0 saturated heterocycles. The molecule has 4 heteroatoms. The summed E-state index contributed by atoms with van der Waals surface area (Å²) in [6, 6.07) is 8.73. The van der Waals surface area contributed by atoms with Gasteiger partial charge in [-0.2, -0.15) is 0 Å². The summed E-state index contributed by atoms with van der Waals surface area (Å²) in [6.45, 7) is 2.01. The monoisotopic (exact) mass is 251 g/mol. The number of aryl methyl sites for hydroxylation is 1. The van der Waals surface area contributed by atoms with Crippen molar-refractivity contribution in [2.75, 3.05) is 5.32 Å². The lowest BCUT2D eigenvalue weighted by molar-refractivity contribution is 0.500. The molecular weight excluding hydrogens is 239 g/mol. The zero-order valence-electron chi connectivity index (χ0n) is 9.81. The Balaban J connectivity index is 2.30. The minimum Gasteiger partial charge on any atom is -0.351 e. The first-order valence-corrected chi connectivity index (χ1v) is 5.61. The van der Waals surface area contributed by atoms with Crippen molar-refractivity contribution in [3.05, 3.63) is 59.4 Å². The first kappa shape index (κ1) is 12.5. The summed E-state index contributed by atoms with van der Waals surface area (Å²) in [5, 5.41) is 2.54. The minimum absolute atomic E-state index is 0.473. The Hall–Kier alpha value is -1.97. The number of nitrogens with one attached hydrogen (secondary N) is 1. The van der Waals surface area contributed by atoms with Crippen molar-refractivity contribution in [1.82, 2.24) is 0 Å². The van der Waals surface area contributed by atoms with Crippen molar-refractivity contribution in [2.45, 2.75) is 13.3 Å². The van der Waals surface area contributed by atoms with E-state index in [4.69, 9.17) is 0 Å². The third-order valence-electron chi connectivity index (χ3n) is 2.68. The molecule has 0 fully saturated rings. The predicted octanol–water partition coefficient (Wildman–Crippen LogP) is 4.41. The van der Waals surface area contributed by atoms with Gasteiger partial charge in [-0.25, -0.2) is 13.2 Å². The van der Waals surface area contributed by atoms with Crippen LogP contribution >= 0.6 is 0 Å². The van der Waals surface area contributed by atoms with Crippen LogP contribution in [0.3, 0.4) is 0 Å². The Labute approximate surface area is 103 Å². The molecule has 2 rings (SSSR count). The second kappa shape index (κ2) is 5.12. The predicted molar refractivity (Wildman–Crippen MR) is 65.4 cm³/mol. The minimum atomic E-state index is -1.21. The summed E-state index contributed by atoms with van der Waals surface area (Å²) >= 11 is 0. The Morgan fingerprint density at radius 2 is 1.50 bits per heavy atom. The highest BCUT2D eigenvalue weighted by molar-refractivity contribution is 5.61. The van der Waals surface area contributed by atoms with Crippen LogP contribution in [-0.4, -0.2) is 0 Å². The maximum Gasteiger partial charge on any atom is 0.185 e. The van der Waals surface area contributed by atoms with Gasteiger partial charge in [0.1, 0.15) is 11.5 Å². The quantitative estimate of drug-likeness (QED) is 0.797. The number of halogens is 3. The van der Waals surface area contributed by atoms with E-state index in [2.05, 4.69) is 5.32 Å². The van der Waals surface area contributed by atoms with E-state index >= 15 is 0 Å².